The van der Waals surface area contributed by atoms with E-state index in [1.165, 1.54) is 22.7 Å². The van der Waals surface area contributed by atoms with E-state index in [9.17, 15) is 0 Å². The van der Waals surface area contributed by atoms with Gasteiger partial charge in [0, 0.05) is 23.7 Å². The molecule has 16 heavy (non-hydrogen) atoms. The van der Waals surface area contributed by atoms with E-state index < -0.39 is 0 Å². The van der Waals surface area contributed by atoms with Gasteiger partial charge in [-0.25, -0.2) is 4.98 Å². The summed E-state index contributed by atoms with van der Waals surface area (Å²) in [7, 11) is 2.24. The third-order valence-electron chi connectivity index (χ3n) is 3.24. The molecule has 1 aromatic heterocycles. The molecule has 0 aromatic carbocycles. The lowest BCUT2D eigenvalue weighted by molar-refractivity contribution is 0.193. The van der Waals surface area contributed by atoms with E-state index in [1.54, 1.807) is 0 Å². The van der Waals surface area contributed by atoms with Gasteiger partial charge in [-0.15, -0.1) is 11.3 Å². The van der Waals surface area contributed by atoms with Crippen LogP contribution in [0.25, 0.3) is 0 Å². The second-order valence-electron chi connectivity index (χ2n) is 4.47. The lowest BCUT2D eigenvalue weighted by atomic mass is 10.1. The Bertz CT molecular complexity index is 318. The molecule has 2 rings (SSSR count). The number of nitrogens with one attached hydrogen (secondary N) is 1. The second kappa shape index (κ2) is 5.75. The van der Waals surface area contributed by atoms with Gasteiger partial charge in [-0.2, -0.15) is 0 Å². The van der Waals surface area contributed by atoms with Crippen LogP contribution in [0, 0.1) is 0 Å². The molecule has 1 aliphatic heterocycles. The minimum atomic E-state index is 0.744. The lowest BCUT2D eigenvalue weighted by Crippen LogP contribution is -2.40. The van der Waals surface area contributed by atoms with Crippen LogP contribution in [0.2, 0.25) is 0 Å². The van der Waals surface area contributed by atoms with Crippen LogP contribution in [0.4, 0.5) is 0 Å². The zero-order valence-corrected chi connectivity index (χ0v) is 11.0. The molecule has 0 amide bonds. The molecule has 4 heteroatoms. The van der Waals surface area contributed by atoms with Crippen molar-refractivity contribution in [2.45, 2.75) is 38.8 Å². The molecule has 0 unspecified atom stereocenters. The third kappa shape index (κ3) is 3.03. The van der Waals surface area contributed by atoms with Crippen LogP contribution in [0.1, 0.15) is 29.7 Å². The molecule has 0 aliphatic carbocycles. The van der Waals surface area contributed by atoms with E-state index in [4.69, 9.17) is 0 Å². The minimum Gasteiger partial charge on any atom is -0.317 e. The Hall–Kier alpha value is -0.450. The first-order valence-corrected chi connectivity index (χ1v) is 6.95. The van der Waals surface area contributed by atoms with Crippen LogP contribution in [-0.4, -0.2) is 36.1 Å². The van der Waals surface area contributed by atoms with E-state index in [1.807, 2.05) is 17.5 Å². The van der Waals surface area contributed by atoms with Gasteiger partial charge in [0.2, 0.25) is 0 Å². The van der Waals surface area contributed by atoms with Gasteiger partial charge < -0.3 is 5.32 Å². The summed E-state index contributed by atoms with van der Waals surface area (Å²) in [5, 5.41) is 4.67. The smallest absolute Gasteiger partial charge is 0.0925 e. The molecule has 2 heterocycles. The number of hydrogen-bond donors (Lipinski definition) is 1. The molecule has 1 aliphatic rings. The molecular weight excluding hydrogens is 218 g/mol. The van der Waals surface area contributed by atoms with E-state index >= 15 is 0 Å². The highest BCUT2D eigenvalue weighted by Gasteiger charge is 2.18. The summed E-state index contributed by atoms with van der Waals surface area (Å²) >= 11 is 1.86. The lowest BCUT2D eigenvalue weighted by Gasteiger charge is -2.31. The van der Waals surface area contributed by atoms with Crippen LogP contribution in [0.5, 0.6) is 0 Å². The van der Waals surface area contributed by atoms with Gasteiger partial charge in [0.1, 0.15) is 0 Å². The number of aromatic nitrogens is 1. The summed E-state index contributed by atoms with van der Waals surface area (Å²) in [4.78, 5) is 8.29. The molecule has 1 N–H and O–H groups in total. The monoisotopic (exact) mass is 239 g/mol. The Morgan fingerprint density at radius 1 is 1.50 bits per heavy atom. The second-order valence-corrected chi connectivity index (χ2v) is 5.67. The van der Waals surface area contributed by atoms with Crippen molar-refractivity contribution in [3.8, 4) is 0 Å². The highest BCUT2D eigenvalue weighted by Crippen LogP contribution is 2.18. The summed E-state index contributed by atoms with van der Waals surface area (Å²) in [6.07, 6.45) is 5.65. The van der Waals surface area contributed by atoms with Gasteiger partial charge >= 0.3 is 0 Å². The molecule has 0 spiro atoms. The number of nitrogens with zero attached hydrogens (tertiary/aromatic N) is 2. The Morgan fingerprint density at radius 2 is 2.25 bits per heavy atom. The van der Waals surface area contributed by atoms with Gasteiger partial charge in [0.05, 0.1) is 5.01 Å². The van der Waals surface area contributed by atoms with Crippen molar-refractivity contribution in [1.29, 1.82) is 0 Å². The van der Waals surface area contributed by atoms with E-state index in [-0.39, 0.29) is 0 Å². The zero-order chi connectivity index (χ0) is 11.4. The SMILES string of the molecule is CCc1ncc(CN(C)C2CCNCC2)s1. The van der Waals surface area contributed by atoms with Gasteiger partial charge in [0.15, 0.2) is 0 Å². The number of piperidine rings is 1. The number of rotatable bonds is 4. The van der Waals surface area contributed by atoms with Crippen LogP contribution < -0.4 is 5.32 Å². The first-order chi connectivity index (χ1) is 7.79. The summed E-state index contributed by atoms with van der Waals surface area (Å²) in [6.45, 7) is 5.55. The van der Waals surface area contributed by atoms with Crippen LogP contribution in [-0.2, 0) is 13.0 Å². The molecule has 3 nitrogen and oxygen atoms in total. The summed E-state index contributed by atoms with van der Waals surface area (Å²) in [5.74, 6) is 0. The predicted octanol–water partition coefficient (Wildman–Crippen LogP) is 1.89. The fourth-order valence-corrected chi connectivity index (χ4v) is 3.13. The molecule has 0 saturated carbocycles. The van der Waals surface area contributed by atoms with Crippen LogP contribution in [0.3, 0.4) is 0 Å². The van der Waals surface area contributed by atoms with Gasteiger partial charge in [-0.05, 0) is 39.4 Å². The third-order valence-corrected chi connectivity index (χ3v) is 4.37. The van der Waals surface area contributed by atoms with Gasteiger partial charge in [-0.1, -0.05) is 6.92 Å². The Kier molecular flexibility index (Phi) is 4.32. The van der Waals surface area contributed by atoms with Crippen molar-refractivity contribution in [3.05, 3.63) is 16.1 Å². The molecule has 1 aromatic rings. The largest absolute Gasteiger partial charge is 0.317 e. The number of hydrogen-bond acceptors (Lipinski definition) is 4. The zero-order valence-electron chi connectivity index (χ0n) is 10.2. The quantitative estimate of drug-likeness (QED) is 0.869. The fraction of sp³-hybridized carbons (Fsp3) is 0.750. The maximum atomic E-state index is 4.41. The summed E-state index contributed by atoms with van der Waals surface area (Å²) in [6, 6.07) is 0.744. The summed E-state index contributed by atoms with van der Waals surface area (Å²) in [5.41, 5.74) is 0. The van der Waals surface area contributed by atoms with Crippen molar-refractivity contribution in [1.82, 2.24) is 15.2 Å². The normalized spacial score (nSPS) is 18.2. The maximum absolute atomic E-state index is 4.41. The van der Waals surface area contributed by atoms with E-state index in [2.05, 4.69) is 29.2 Å². The Balaban J connectivity index is 1.87. The highest BCUT2D eigenvalue weighted by atomic mass is 32.1. The Labute approximate surface area is 102 Å². The van der Waals surface area contributed by atoms with E-state index in [0.29, 0.717) is 0 Å². The number of thiazole rings is 1. The average molecular weight is 239 g/mol. The van der Waals surface area contributed by atoms with Crippen molar-refractivity contribution in [2.24, 2.45) is 0 Å². The predicted molar refractivity (Wildman–Crippen MR) is 68.9 cm³/mol. The van der Waals surface area contributed by atoms with Gasteiger partial charge in [-0.3, -0.25) is 4.90 Å². The molecule has 0 atom stereocenters. The topological polar surface area (TPSA) is 28.2 Å². The van der Waals surface area contributed by atoms with Gasteiger partial charge in [0.25, 0.3) is 0 Å². The molecule has 0 bridgehead atoms. The first-order valence-electron chi connectivity index (χ1n) is 6.14. The average Bonchev–Trinajstić information content (AvgIpc) is 2.78. The fourth-order valence-electron chi connectivity index (χ4n) is 2.21. The molecule has 0 radical (unpaired) electrons. The molecule has 1 fully saturated rings. The Morgan fingerprint density at radius 3 is 2.88 bits per heavy atom. The summed E-state index contributed by atoms with van der Waals surface area (Å²) < 4.78 is 0. The maximum Gasteiger partial charge on any atom is 0.0925 e. The standard InChI is InChI=1S/C12H21N3S/c1-3-12-14-8-11(16-12)9-15(2)10-4-6-13-7-5-10/h8,10,13H,3-7,9H2,1-2H3. The minimum absolute atomic E-state index is 0.744. The van der Waals surface area contributed by atoms with Crippen LogP contribution >= 0.6 is 11.3 Å². The molecule has 90 valence electrons. The molecule has 1 saturated heterocycles. The van der Waals surface area contributed by atoms with Crippen molar-refractivity contribution in [3.63, 3.8) is 0 Å². The van der Waals surface area contributed by atoms with E-state index in [0.717, 1.165) is 32.1 Å². The highest BCUT2D eigenvalue weighted by molar-refractivity contribution is 7.11. The van der Waals surface area contributed by atoms with Crippen molar-refractivity contribution >= 4 is 11.3 Å². The van der Waals surface area contributed by atoms with Crippen molar-refractivity contribution < 1.29 is 0 Å². The van der Waals surface area contributed by atoms with Crippen LogP contribution in [0.15, 0.2) is 6.20 Å². The number of aryl methyl sites for hydroxylation is 1. The van der Waals surface area contributed by atoms with Crippen molar-refractivity contribution in [2.75, 3.05) is 20.1 Å². The molecular formula is C12H21N3S. The first kappa shape index (κ1) is 12.0.